The molecule has 0 aromatic carbocycles. The van der Waals surface area contributed by atoms with Gasteiger partial charge in [0.1, 0.15) is 12.2 Å². The number of carbonyl (C=O) groups is 1. The molecular weight excluding hydrogens is 309 g/mol. The highest BCUT2D eigenvalue weighted by Crippen LogP contribution is 2.23. The van der Waals surface area contributed by atoms with Gasteiger partial charge in [-0.05, 0) is 27.7 Å². The fourth-order valence-corrected chi connectivity index (χ4v) is 1.66. The number of nitrogens with zero attached hydrogens (tertiary/aromatic N) is 1. The summed E-state index contributed by atoms with van der Waals surface area (Å²) in [7, 11) is 0. The Hall–Kier alpha value is -0.460. The van der Waals surface area contributed by atoms with Gasteiger partial charge in [-0.15, -0.1) is 0 Å². The maximum Gasteiger partial charge on any atom is 0.414 e. The molecule has 0 aliphatic carbocycles. The first kappa shape index (κ1) is 12.6. The molecule has 0 radical (unpaired) electrons. The minimum Gasteiger partial charge on any atom is -0.484 e. The van der Waals surface area contributed by atoms with Crippen LogP contribution in [0.2, 0.25) is 0 Å². The second kappa shape index (κ2) is 4.59. The summed E-state index contributed by atoms with van der Waals surface area (Å²) in [6.45, 7) is 8.49. The van der Waals surface area contributed by atoms with Crippen molar-refractivity contribution in [1.29, 1.82) is 0 Å². The maximum atomic E-state index is 11.8. The molecule has 1 amide bonds. The van der Waals surface area contributed by atoms with E-state index in [0.29, 0.717) is 13.2 Å². The van der Waals surface area contributed by atoms with Crippen LogP contribution < -0.4 is 0 Å². The second-order valence-electron chi connectivity index (χ2n) is 4.34. The van der Waals surface area contributed by atoms with Crippen molar-refractivity contribution in [3.05, 3.63) is 9.46 Å². The number of halogens is 1. The Morgan fingerprint density at radius 2 is 2.13 bits per heavy atom. The van der Waals surface area contributed by atoms with E-state index in [1.807, 2.05) is 27.7 Å². The molecule has 1 aliphatic rings. The number of allylic oxidation sites excluding steroid dienone is 1. The summed E-state index contributed by atoms with van der Waals surface area (Å²) in [6, 6.07) is 0. The molecule has 0 bridgehead atoms. The molecule has 1 aliphatic heterocycles. The molecule has 1 rings (SSSR count). The normalized spacial score (nSPS) is 17.5. The molecule has 0 aromatic heterocycles. The van der Waals surface area contributed by atoms with Crippen LogP contribution in [0.5, 0.6) is 0 Å². The predicted octanol–water partition coefficient (Wildman–Crippen LogP) is 2.88. The standard InChI is InChI=1S/C10H16INO3/c1-7-8(11)14-6-5-12(7)9(13)15-10(2,3)4/h5-6H2,1-4H3. The number of ether oxygens (including phenoxy) is 2. The Morgan fingerprint density at radius 1 is 1.53 bits per heavy atom. The van der Waals surface area contributed by atoms with Gasteiger partial charge in [0, 0.05) is 22.6 Å². The van der Waals surface area contributed by atoms with Crippen molar-refractivity contribution in [2.45, 2.75) is 33.3 Å². The van der Waals surface area contributed by atoms with Crippen LogP contribution in [-0.2, 0) is 9.47 Å². The predicted molar refractivity (Wildman–Crippen MR) is 65.6 cm³/mol. The first-order valence-electron chi connectivity index (χ1n) is 4.81. The van der Waals surface area contributed by atoms with E-state index in [1.165, 1.54) is 0 Å². The summed E-state index contributed by atoms with van der Waals surface area (Å²) in [4.78, 5) is 13.4. The fourth-order valence-electron chi connectivity index (χ4n) is 1.15. The van der Waals surface area contributed by atoms with Gasteiger partial charge in [0.15, 0.2) is 3.77 Å². The minimum absolute atomic E-state index is 0.308. The zero-order valence-electron chi connectivity index (χ0n) is 9.46. The highest BCUT2D eigenvalue weighted by atomic mass is 127. The van der Waals surface area contributed by atoms with Gasteiger partial charge in [-0.3, -0.25) is 4.90 Å². The molecule has 0 fully saturated rings. The number of amides is 1. The van der Waals surface area contributed by atoms with Gasteiger partial charge >= 0.3 is 6.09 Å². The Balaban J connectivity index is 2.72. The molecule has 86 valence electrons. The second-order valence-corrected chi connectivity index (χ2v) is 5.32. The largest absolute Gasteiger partial charge is 0.484 e. The molecule has 0 atom stereocenters. The number of hydrogen-bond acceptors (Lipinski definition) is 3. The first-order chi connectivity index (χ1) is 6.81. The van der Waals surface area contributed by atoms with Crippen molar-refractivity contribution in [3.8, 4) is 0 Å². The average molecular weight is 325 g/mol. The number of carbonyl (C=O) groups excluding carboxylic acids is 1. The van der Waals surface area contributed by atoms with Crippen molar-refractivity contribution in [2.24, 2.45) is 0 Å². The maximum absolute atomic E-state index is 11.8. The number of hydrogen-bond donors (Lipinski definition) is 0. The van der Waals surface area contributed by atoms with Crippen LogP contribution in [-0.4, -0.2) is 29.7 Å². The van der Waals surface area contributed by atoms with E-state index in [4.69, 9.17) is 9.47 Å². The third kappa shape index (κ3) is 3.55. The summed E-state index contributed by atoms with van der Waals surface area (Å²) in [5.41, 5.74) is 0.359. The van der Waals surface area contributed by atoms with E-state index in [1.54, 1.807) is 4.90 Å². The smallest absolute Gasteiger partial charge is 0.414 e. The van der Waals surface area contributed by atoms with Gasteiger partial charge in [0.05, 0.1) is 12.2 Å². The zero-order chi connectivity index (χ0) is 11.6. The van der Waals surface area contributed by atoms with Gasteiger partial charge < -0.3 is 9.47 Å². The molecule has 0 unspecified atom stereocenters. The van der Waals surface area contributed by atoms with E-state index in [-0.39, 0.29) is 6.09 Å². The van der Waals surface area contributed by atoms with Crippen molar-refractivity contribution < 1.29 is 14.3 Å². The summed E-state index contributed by atoms with van der Waals surface area (Å²) >= 11 is 2.08. The van der Waals surface area contributed by atoms with Crippen molar-refractivity contribution in [2.75, 3.05) is 13.2 Å². The molecule has 0 aromatic rings. The average Bonchev–Trinajstić information content (AvgIpc) is 2.06. The van der Waals surface area contributed by atoms with Crippen LogP contribution >= 0.6 is 22.6 Å². The third-order valence-electron chi connectivity index (χ3n) is 1.85. The molecule has 0 N–H and O–H groups in total. The van der Waals surface area contributed by atoms with Gasteiger partial charge in [0.2, 0.25) is 0 Å². The summed E-state index contributed by atoms with van der Waals surface area (Å²) in [6.07, 6.45) is -0.308. The lowest BCUT2D eigenvalue weighted by Crippen LogP contribution is -2.39. The van der Waals surface area contributed by atoms with E-state index in [0.717, 1.165) is 9.46 Å². The van der Waals surface area contributed by atoms with Gasteiger partial charge in [-0.2, -0.15) is 0 Å². The zero-order valence-corrected chi connectivity index (χ0v) is 11.6. The van der Waals surface area contributed by atoms with Gasteiger partial charge in [0.25, 0.3) is 0 Å². The van der Waals surface area contributed by atoms with E-state index < -0.39 is 5.60 Å². The van der Waals surface area contributed by atoms with Crippen LogP contribution in [0.15, 0.2) is 9.46 Å². The van der Waals surface area contributed by atoms with E-state index >= 15 is 0 Å². The molecule has 1 heterocycles. The molecule has 5 heteroatoms. The molecule has 0 saturated carbocycles. The quantitative estimate of drug-likeness (QED) is 0.643. The molecule has 4 nitrogen and oxygen atoms in total. The van der Waals surface area contributed by atoms with Crippen LogP contribution in [0.25, 0.3) is 0 Å². The summed E-state index contributed by atoms with van der Waals surface area (Å²) < 4.78 is 11.4. The first-order valence-corrected chi connectivity index (χ1v) is 5.89. The Kier molecular flexibility index (Phi) is 3.86. The number of rotatable bonds is 0. The monoisotopic (exact) mass is 325 g/mol. The van der Waals surface area contributed by atoms with Crippen molar-refractivity contribution >= 4 is 28.7 Å². The lowest BCUT2D eigenvalue weighted by atomic mass is 10.2. The Labute approximate surface area is 104 Å². The minimum atomic E-state index is -0.457. The topological polar surface area (TPSA) is 38.8 Å². The van der Waals surface area contributed by atoms with Crippen LogP contribution in [0.1, 0.15) is 27.7 Å². The lowest BCUT2D eigenvalue weighted by molar-refractivity contribution is 0.0231. The highest BCUT2D eigenvalue weighted by molar-refractivity contribution is 14.1. The van der Waals surface area contributed by atoms with Gasteiger partial charge in [-0.1, -0.05) is 0 Å². The summed E-state index contributed by atoms with van der Waals surface area (Å²) in [5, 5.41) is 0. The summed E-state index contributed by atoms with van der Waals surface area (Å²) in [5.74, 6) is 0. The molecule has 15 heavy (non-hydrogen) atoms. The Morgan fingerprint density at radius 3 is 2.67 bits per heavy atom. The van der Waals surface area contributed by atoms with Crippen LogP contribution in [0.3, 0.4) is 0 Å². The molecule has 0 spiro atoms. The van der Waals surface area contributed by atoms with Gasteiger partial charge in [-0.25, -0.2) is 4.79 Å². The Bertz CT molecular complexity index is 294. The van der Waals surface area contributed by atoms with E-state index in [2.05, 4.69) is 22.6 Å². The lowest BCUT2D eigenvalue weighted by Gasteiger charge is -2.30. The van der Waals surface area contributed by atoms with Crippen molar-refractivity contribution in [3.63, 3.8) is 0 Å². The van der Waals surface area contributed by atoms with Crippen LogP contribution in [0, 0.1) is 0 Å². The third-order valence-corrected chi connectivity index (χ3v) is 2.94. The van der Waals surface area contributed by atoms with Crippen LogP contribution in [0.4, 0.5) is 4.79 Å². The molecule has 0 saturated heterocycles. The fraction of sp³-hybridized carbons (Fsp3) is 0.700. The molecular formula is C10H16INO3. The van der Waals surface area contributed by atoms with Crippen molar-refractivity contribution in [1.82, 2.24) is 4.90 Å². The SMILES string of the molecule is CC1=C(I)OCCN1C(=O)OC(C)(C)C. The van der Waals surface area contributed by atoms with E-state index in [9.17, 15) is 4.79 Å². The highest BCUT2D eigenvalue weighted by Gasteiger charge is 2.27.